The summed E-state index contributed by atoms with van der Waals surface area (Å²) in [6.07, 6.45) is 4.68. The summed E-state index contributed by atoms with van der Waals surface area (Å²) in [6.45, 7) is 4.45. The molecule has 0 saturated heterocycles. The fourth-order valence-corrected chi connectivity index (χ4v) is 2.04. The summed E-state index contributed by atoms with van der Waals surface area (Å²) in [5.41, 5.74) is 0.418. The molecule has 0 unspecified atom stereocenters. The SMILES string of the molecule is CCCCOCCCNc1cnn(CCO)c(=O)c1Br. The van der Waals surface area contributed by atoms with Gasteiger partial charge in [0.05, 0.1) is 25.0 Å². The molecule has 0 atom stereocenters. The number of rotatable bonds is 10. The van der Waals surface area contributed by atoms with Gasteiger partial charge in [0.25, 0.3) is 5.56 Å². The number of aromatic nitrogens is 2. The Labute approximate surface area is 127 Å². The first-order valence-corrected chi connectivity index (χ1v) is 7.68. The van der Waals surface area contributed by atoms with Crippen molar-refractivity contribution in [1.29, 1.82) is 0 Å². The smallest absolute Gasteiger partial charge is 0.283 e. The second-order valence-electron chi connectivity index (χ2n) is 4.37. The predicted molar refractivity (Wildman–Crippen MR) is 82.1 cm³/mol. The molecule has 0 spiro atoms. The van der Waals surface area contributed by atoms with Gasteiger partial charge in [0.15, 0.2) is 0 Å². The molecule has 7 heteroatoms. The first-order valence-electron chi connectivity index (χ1n) is 6.88. The van der Waals surface area contributed by atoms with Gasteiger partial charge in [-0.1, -0.05) is 13.3 Å². The molecule has 2 N–H and O–H groups in total. The molecule has 20 heavy (non-hydrogen) atoms. The van der Waals surface area contributed by atoms with Crippen molar-refractivity contribution in [2.75, 3.05) is 31.7 Å². The van der Waals surface area contributed by atoms with E-state index in [0.717, 1.165) is 32.4 Å². The lowest BCUT2D eigenvalue weighted by Crippen LogP contribution is -2.26. The van der Waals surface area contributed by atoms with E-state index in [1.165, 1.54) is 4.68 Å². The van der Waals surface area contributed by atoms with Crippen LogP contribution in [0.1, 0.15) is 26.2 Å². The summed E-state index contributed by atoms with van der Waals surface area (Å²) in [7, 11) is 0. The Kier molecular flexibility index (Phi) is 8.48. The second-order valence-corrected chi connectivity index (χ2v) is 5.16. The van der Waals surface area contributed by atoms with Gasteiger partial charge in [0, 0.05) is 19.8 Å². The Morgan fingerprint density at radius 2 is 2.20 bits per heavy atom. The molecule has 0 bridgehead atoms. The maximum atomic E-state index is 11.9. The molecule has 1 heterocycles. The fourth-order valence-electron chi connectivity index (χ4n) is 1.59. The van der Waals surface area contributed by atoms with E-state index < -0.39 is 0 Å². The number of aliphatic hydroxyl groups excluding tert-OH is 1. The van der Waals surface area contributed by atoms with Gasteiger partial charge in [0.2, 0.25) is 0 Å². The third-order valence-electron chi connectivity index (χ3n) is 2.72. The van der Waals surface area contributed by atoms with Crippen LogP contribution in [0.4, 0.5) is 5.69 Å². The number of anilines is 1. The minimum absolute atomic E-state index is 0.110. The van der Waals surface area contributed by atoms with Gasteiger partial charge in [-0.25, -0.2) is 4.68 Å². The number of ether oxygens (including phenoxy) is 1. The van der Waals surface area contributed by atoms with E-state index in [9.17, 15) is 4.79 Å². The average Bonchev–Trinajstić information content (AvgIpc) is 2.45. The van der Waals surface area contributed by atoms with E-state index >= 15 is 0 Å². The lowest BCUT2D eigenvalue weighted by molar-refractivity contribution is 0.131. The van der Waals surface area contributed by atoms with Crippen molar-refractivity contribution in [2.45, 2.75) is 32.7 Å². The van der Waals surface area contributed by atoms with Gasteiger partial charge in [0.1, 0.15) is 4.47 Å². The molecule has 0 fully saturated rings. The minimum Gasteiger partial charge on any atom is -0.394 e. The third-order valence-corrected chi connectivity index (χ3v) is 3.49. The van der Waals surface area contributed by atoms with E-state index in [-0.39, 0.29) is 18.7 Å². The Hall–Kier alpha value is -0.920. The largest absolute Gasteiger partial charge is 0.394 e. The summed E-state index contributed by atoms with van der Waals surface area (Å²) in [4.78, 5) is 11.9. The summed E-state index contributed by atoms with van der Waals surface area (Å²) >= 11 is 3.26. The standard InChI is InChI=1S/C13H22BrN3O3/c1-2-3-8-20-9-4-5-15-11-10-16-17(6-7-18)13(19)12(11)14/h10,15,18H,2-9H2,1H3. The van der Waals surface area contributed by atoms with Crippen molar-refractivity contribution < 1.29 is 9.84 Å². The van der Waals surface area contributed by atoms with Crippen molar-refractivity contribution in [3.8, 4) is 0 Å². The maximum absolute atomic E-state index is 11.9. The fraction of sp³-hybridized carbons (Fsp3) is 0.692. The van der Waals surface area contributed by atoms with Crippen LogP contribution >= 0.6 is 15.9 Å². The van der Waals surface area contributed by atoms with E-state index in [4.69, 9.17) is 9.84 Å². The van der Waals surface area contributed by atoms with Crippen molar-refractivity contribution in [3.05, 3.63) is 21.0 Å². The normalized spacial score (nSPS) is 10.8. The lowest BCUT2D eigenvalue weighted by atomic mass is 10.3. The van der Waals surface area contributed by atoms with Crippen LogP contribution in [0.3, 0.4) is 0 Å². The molecule has 0 aliphatic heterocycles. The molecule has 6 nitrogen and oxygen atoms in total. The van der Waals surface area contributed by atoms with Crippen LogP contribution in [0.5, 0.6) is 0 Å². The summed E-state index contributed by atoms with van der Waals surface area (Å²) < 4.78 is 7.12. The number of hydrogen-bond acceptors (Lipinski definition) is 5. The zero-order valence-corrected chi connectivity index (χ0v) is 13.4. The molecule has 0 aliphatic carbocycles. The lowest BCUT2D eigenvalue weighted by Gasteiger charge is -2.10. The monoisotopic (exact) mass is 347 g/mol. The van der Waals surface area contributed by atoms with Crippen molar-refractivity contribution in [1.82, 2.24) is 9.78 Å². The molecule has 1 aromatic rings. The van der Waals surface area contributed by atoms with Crippen LogP contribution in [0.2, 0.25) is 0 Å². The highest BCUT2D eigenvalue weighted by atomic mass is 79.9. The van der Waals surface area contributed by atoms with E-state index in [0.29, 0.717) is 16.8 Å². The van der Waals surface area contributed by atoms with Gasteiger partial charge >= 0.3 is 0 Å². The number of nitrogens with zero attached hydrogens (tertiary/aromatic N) is 2. The predicted octanol–water partition coefficient (Wildman–Crippen LogP) is 1.62. The van der Waals surface area contributed by atoms with Crippen molar-refractivity contribution >= 4 is 21.6 Å². The molecular formula is C13H22BrN3O3. The van der Waals surface area contributed by atoms with E-state index in [2.05, 4.69) is 33.3 Å². The van der Waals surface area contributed by atoms with E-state index in [1.807, 2.05) is 0 Å². The van der Waals surface area contributed by atoms with Gasteiger partial charge in [-0.2, -0.15) is 5.10 Å². The Bertz CT molecular complexity index is 451. The number of aliphatic hydroxyl groups is 1. The number of halogens is 1. The van der Waals surface area contributed by atoms with Crippen LogP contribution in [0.25, 0.3) is 0 Å². The highest BCUT2D eigenvalue weighted by molar-refractivity contribution is 9.10. The number of hydrogen-bond donors (Lipinski definition) is 2. The molecule has 0 aromatic carbocycles. The molecule has 0 radical (unpaired) electrons. The third kappa shape index (κ3) is 5.60. The van der Waals surface area contributed by atoms with Crippen molar-refractivity contribution in [2.24, 2.45) is 0 Å². The number of unbranched alkanes of at least 4 members (excludes halogenated alkanes) is 1. The molecule has 0 saturated carbocycles. The topological polar surface area (TPSA) is 76.4 Å². The summed E-state index contributed by atoms with van der Waals surface area (Å²) in [5.74, 6) is 0. The first-order chi connectivity index (χ1) is 9.70. The highest BCUT2D eigenvalue weighted by Gasteiger charge is 2.07. The molecular weight excluding hydrogens is 326 g/mol. The average molecular weight is 348 g/mol. The Morgan fingerprint density at radius 3 is 2.90 bits per heavy atom. The zero-order valence-electron chi connectivity index (χ0n) is 11.8. The molecule has 114 valence electrons. The Balaban J connectivity index is 2.37. The van der Waals surface area contributed by atoms with Crippen molar-refractivity contribution in [3.63, 3.8) is 0 Å². The molecule has 1 aromatic heterocycles. The van der Waals surface area contributed by atoms with Crippen LogP contribution < -0.4 is 10.9 Å². The second kappa shape index (κ2) is 9.90. The molecule has 0 amide bonds. The highest BCUT2D eigenvalue weighted by Crippen LogP contribution is 2.15. The summed E-state index contributed by atoms with van der Waals surface area (Å²) in [6, 6.07) is 0. The summed E-state index contributed by atoms with van der Waals surface area (Å²) in [5, 5.41) is 16.0. The van der Waals surface area contributed by atoms with E-state index in [1.54, 1.807) is 6.20 Å². The quantitative estimate of drug-likeness (QED) is 0.629. The van der Waals surface area contributed by atoms with Crippen LogP contribution in [0, 0.1) is 0 Å². The van der Waals surface area contributed by atoms with Crippen LogP contribution in [-0.4, -0.2) is 41.3 Å². The molecule has 0 aliphatic rings. The van der Waals surface area contributed by atoms with Gasteiger partial charge in [-0.15, -0.1) is 0 Å². The first kappa shape index (κ1) is 17.1. The Morgan fingerprint density at radius 1 is 1.45 bits per heavy atom. The van der Waals surface area contributed by atoms with Crippen LogP contribution in [-0.2, 0) is 11.3 Å². The zero-order chi connectivity index (χ0) is 14.8. The number of nitrogens with one attached hydrogen (secondary N) is 1. The maximum Gasteiger partial charge on any atom is 0.283 e. The van der Waals surface area contributed by atoms with Crippen LogP contribution in [0.15, 0.2) is 15.5 Å². The van der Waals surface area contributed by atoms with Gasteiger partial charge in [-0.05, 0) is 28.8 Å². The van der Waals surface area contributed by atoms with Gasteiger partial charge in [-0.3, -0.25) is 4.79 Å². The van der Waals surface area contributed by atoms with Gasteiger partial charge < -0.3 is 15.2 Å². The minimum atomic E-state index is -0.247. The molecule has 1 rings (SSSR count).